The number of aryl methyl sites for hydroxylation is 1. The lowest BCUT2D eigenvalue weighted by molar-refractivity contribution is 0.0681. The SMILES string of the molecule is Cc1c(C(=O)N2CCCC(CNS(C)(=O)=O)C2)sc2cccc(F)c12. The fourth-order valence-corrected chi connectivity index (χ4v) is 5.02. The maximum absolute atomic E-state index is 14.1. The Bertz CT molecular complexity index is 908. The predicted molar refractivity (Wildman–Crippen MR) is 98.0 cm³/mol. The summed E-state index contributed by atoms with van der Waals surface area (Å²) in [7, 11) is -3.24. The van der Waals surface area contributed by atoms with Gasteiger partial charge in [0.15, 0.2) is 0 Å². The highest BCUT2D eigenvalue weighted by atomic mass is 32.2. The van der Waals surface area contributed by atoms with E-state index in [-0.39, 0.29) is 17.6 Å². The van der Waals surface area contributed by atoms with Crippen LogP contribution in [-0.4, -0.2) is 45.1 Å². The van der Waals surface area contributed by atoms with Gasteiger partial charge in [-0.05, 0) is 43.4 Å². The molecular weight excluding hydrogens is 363 g/mol. The first-order valence-electron chi connectivity index (χ1n) is 8.18. The number of piperidine rings is 1. The number of rotatable bonds is 4. The smallest absolute Gasteiger partial charge is 0.264 e. The number of nitrogens with one attached hydrogen (secondary N) is 1. The second-order valence-corrected chi connectivity index (χ2v) is 9.43. The molecule has 136 valence electrons. The second kappa shape index (κ2) is 7.01. The van der Waals surface area contributed by atoms with Gasteiger partial charge in [0.2, 0.25) is 10.0 Å². The number of nitrogens with zero attached hydrogens (tertiary/aromatic N) is 1. The van der Waals surface area contributed by atoms with Crippen LogP contribution in [0.15, 0.2) is 18.2 Å². The van der Waals surface area contributed by atoms with Crippen LogP contribution in [0.1, 0.15) is 28.1 Å². The van der Waals surface area contributed by atoms with Crippen LogP contribution in [-0.2, 0) is 10.0 Å². The summed E-state index contributed by atoms with van der Waals surface area (Å²) in [4.78, 5) is 15.2. The van der Waals surface area contributed by atoms with E-state index in [1.165, 1.54) is 17.4 Å². The molecule has 1 saturated heterocycles. The fraction of sp³-hybridized carbons (Fsp3) is 0.471. The van der Waals surface area contributed by atoms with E-state index < -0.39 is 10.0 Å². The number of carbonyl (C=O) groups is 1. The van der Waals surface area contributed by atoms with Gasteiger partial charge in [-0.25, -0.2) is 17.5 Å². The molecule has 1 aliphatic heterocycles. The summed E-state index contributed by atoms with van der Waals surface area (Å²) in [5, 5.41) is 0.517. The quantitative estimate of drug-likeness (QED) is 0.881. The third kappa shape index (κ3) is 4.02. The molecule has 5 nitrogen and oxygen atoms in total. The van der Waals surface area contributed by atoms with Crippen LogP contribution >= 0.6 is 11.3 Å². The van der Waals surface area contributed by atoms with Crippen molar-refractivity contribution in [2.75, 3.05) is 25.9 Å². The molecule has 0 aliphatic carbocycles. The summed E-state index contributed by atoms with van der Waals surface area (Å²) >= 11 is 1.32. The van der Waals surface area contributed by atoms with Gasteiger partial charge in [-0.15, -0.1) is 11.3 Å². The molecule has 1 aromatic carbocycles. The zero-order chi connectivity index (χ0) is 18.2. The Morgan fingerprint density at radius 2 is 2.20 bits per heavy atom. The van der Waals surface area contributed by atoms with Crippen molar-refractivity contribution in [1.82, 2.24) is 9.62 Å². The minimum atomic E-state index is -3.24. The summed E-state index contributed by atoms with van der Waals surface area (Å²) in [6.07, 6.45) is 2.85. The molecule has 1 atom stereocenters. The Labute approximate surface area is 150 Å². The minimum absolute atomic E-state index is 0.0952. The van der Waals surface area contributed by atoms with Crippen LogP contribution in [0.5, 0.6) is 0 Å². The van der Waals surface area contributed by atoms with Gasteiger partial charge in [-0.2, -0.15) is 0 Å². The van der Waals surface area contributed by atoms with E-state index >= 15 is 0 Å². The molecule has 8 heteroatoms. The van der Waals surface area contributed by atoms with E-state index in [9.17, 15) is 17.6 Å². The number of thiophene rings is 1. The van der Waals surface area contributed by atoms with Crippen LogP contribution in [0, 0.1) is 18.7 Å². The van der Waals surface area contributed by atoms with Gasteiger partial charge in [0, 0.05) is 29.7 Å². The number of likely N-dealkylation sites (tertiary alicyclic amines) is 1. The number of hydrogen-bond acceptors (Lipinski definition) is 4. The van der Waals surface area contributed by atoms with Crippen LogP contribution < -0.4 is 4.72 Å². The van der Waals surface area contributed by atoms with Gasteiger partial charge in [-0.3, -0.25) is 4.79 Å². The van der Waals surface area contributed by atoms with Crippen molar-refractivity contribution in [3.05, 3.63) is 34.5 Å². The molecule has 0 saturated carbocycles. The Balaban J connectivity index is 1.79. The molecule has 0 radical (unpaired) electrons. The topological polar surface area (TPSA) is 66.5 Å². The van der Waals surface area contributed by atoms with Crippen molar-refractivity contribution in [1.29, 1.82) is 0 Å². The standard InChI is InChI=1S/C17H21FN2O3S2/c1-11-15-13(18)6-3-7-14(15)24-16(11)17(21)20-8-4-5-12(10-20)9-19-25(2,22)23/h3,6-7,12,19H,4-5,8-10H2,1-2H3. The fourth-order valence-electron chi connectivity index (χ4n) is 3.29. The number of sulfonamides is 1. The van der Waals surface area contributed by atoms with E-state index in [1.54, 1.807) is 17.9 Å². The number of carbonyl (C=O) groups excluding carboxylic acids is 1. The average Bonchev–Trinajstić information content (AvgIpc) is 2.90. The minimum Gasteiger partial charge on any atom is -0.338 e. The zero-order valence-electron chi connectivity index (χ0n) is 14.2. The molecule has 1 aromatic heterocycles. The van der Waals surface area contributed by atoms with E-state index in [0.29, 0.717) is 35.5 Å². The van der Waals surface area contributed by atoms with Crippen molar-refractivity contribution < 1.29 is 17.6 Å². The van der Waals surface area contributed by atoms with E-state index in [1.807, 2.05) is 6.07 Å². The maximum atomic E-state index is 14.1. The molecule has 2 aromatic rings. The second-order valence-electron chi connectivity index (χ2n) is 6.55. The molecule has 1 amide bonds. The van der Waals surface area contributed by atoms with Crippen molar-refractivity contribution in [2.24, 2.45) is 5.92 Å². The lowest BCUT2D eigenvalue weighted by Crippen LogP contribution is -2.43. The van der Waals surface area contributed by atoms with Crippen molar-refractivity contribution in [3.8, 4) is 0 Å². The Hall–Kier alpha value is -1.51. The third-order valence-corrected chi connectivity index (χ3v) is 6.47. The molecule has 0 bridgehead atoms. The van der Waals surface area contributed by atoms with Gasteiger partial charge in [0.05, 0.1) is 11.1 Å². The van der Waals surface area contributed by atoms with Crippen LogP contribution in [0.4, 0.5) is 4.39 Å². The predicted octanol–water partition coefficient (Wildman–Crippen LogP) is 2.75. The summed E-state index contributed by atoms with van der Waals surface area (Å²) in [5.41, 5.74) is 0.680. The van der Waals surface area contributed by atoms with Crippen molar-refractivity contribution in [2.45, 2.75) is 19.8 Å². The Kier molecular flexibility index (Phi) is 5.13. The normalized spacial score (nSPS) is 18.7. The number of fused-ring (bicyclic) bond motifs is 1. The van der Waals surface area contributed by atoms with Gasteiger partial charge in [-0.1, -0.05) is 6.07 Å². The first kappa shape index (κ1) is 18.3. The molecule has 1 fully saturated rings. The molecule has 3 rings (SSSR count). The highest BCUT2D eigenvalue weighted by Gasteiger charge is 2.27. The first-order valence-corrected chi connectivity index (χ1v) is 10.9. The van der Waals surface area contributed by atoms with E-state index in [2.05, 4.69) is 4.72 Å². The number of amides is 1. The van der Waals surface area contributed by atoms with Crippen LogP contribution in [0.25, 0.3) is 10.1 Å². The van der Waals surface area contributed by atoms with Crippen LogP contribution in [0.2, 0.25) is 0 Å². The lowest BCUT2D eigenvalue weighted by atomic mass is 9.98. The number of benzene rings is 1. The van der Waals surface area contributed by atoms with Crippen molar-refractivity contribution in [3.63, 3.8) is 0 Å². The largest absolute Gasteiger partial charge is 0.338 e. The molecule has 25 heavy (non-hydrogen) atoms. The monoisotopic (exact) mass is 384 g/mol. The first-order chi connectivity index (χ1) is 11.8. The molecular formula is C17H21FN2O3S2. The van der Waals surface area contributed by atoms with Crippen molar-refractivity contribution >= 4 is 37.4 Å². The number of hydrogen-bond donors (Lipinski definition) is 1. The third-order valence-electron chi connectivity index (χ3n) is 4.54. The summed E-state index contributed by atoms with van der Waals surface area (Å²) in [6.45, 7) is 3.27. The maximum Gasteiger partial charge on any atom is 0.264 e. The van der Waals surface area contributed by atoms with Gasteiger partial charge in [0.25, 0.3) is 5.91 Å². The zero-order valence-corrected chi connectivity index (χ0v) is 15.8. The summed E-state index contributed by atoms with van der Waals surface area (Å²) < 4.78 is 39.9. The number of halogens is 1. The molecule has 1 aliphatic rings. The van der Waals surface area contributed by atoms with Gasteiger partial charge in [0.1, 0.15) is 5.82 Å². The summed E-state index contributed by atoms with van der Waals surface area (Å²) in [5.74, 6) is -0.305. The molecule has 0 spiro atoms. The highest BCUT2D eigenvalue weighted by molar-refractivity contribution is 7.88. The Morgan fingerprint density at radius 3 is 2.88 bits per heavy atom. The summed E-state index contributed by atoms with van der Waals surface area (Å²) in [6, 6.07) is 4.88. The molecule has 2 heterocycles. The highest BCUT2D eigenvalue weighted by Crippen LogP contribution is 2.34. The average molecular weight is 384 g/mol. The Morgan fingerprint density at radius 1 is 1.44 bits per heavy atom. The molecule has 1 unspecified atom stereocenters. The van der Waals surface area contributed by atoms with E-state index in [0.717, 1.165) is 23.8 Å². The van der Waals surface area contributed by atoms with Crippen LogP contribution in [0.3, 0.4) is 0 Å². The van der Waals surface area contributed by atoms with Gasteiger partial charge < -0.3 is 4.90 Å². The van der Waals surface area contributed by atoms with Gasteiger partial charge >= 0.3 is 0 Å². The molecule has 1 N–H and O–H groups in total. The van der Waals surface area contributed by atoms with E-state index in [4.69, 9.17) is 0 Å². The lowest BCUT2D eigenvalue weighted by Gasteiger charge is -2.32.